The van der Waals surface area contributed by atoms with Gasteiger partial charge in [-0.3, -0.25) is 14.4 Å². The Bertz CT molecular complexity index is 1260. The molecule has 1 aromatic carbocycles. The molecule has 222 valence electrons. The number of nitrogens with one attached hydrogen (secondary N) is 1. The fourth-order valence-corrected chi connectivity index (χ4v) is 5.81. The Morgan fingerprint density at radius 2 is 1.88 bits per heavy atom. The van der Waals surface area contributed by atoms with E-state index in [0.717, 1.165) is 68.1 Å². The quantitative estimate of drug-likeness (QED) is 0.168. The van der Waals surface area contributed by atoms with Gasteiger partial charge in [-0.05, 0) is 68.2 Å². The van der Waals surface area contributed by atoms with Crippen LogP contribution in [0.5, 0.6) is 0 Å². The van der Waals surface area contributed by atoms with Crippen LogP contribution in [0.3, 0.4) is 0 Å². The number of anilines is 2. The van der Waals surface area contributed by atoms with Gasteiger partial charge >= 0.3 is 0 Å². The van der Waals surface area contributed by atoms with Gasteiger partial charge in [-0.1, -0.05) is 69.8 Å². The number of amides is 2. The first-order valence-electron chi connectivity index (χ1n) is 15.1. The van der Waals surface area contributed by atoms with Crippen molar-refractivity contribution >= 4 is 46.3 Å². The molecule has 1 aliphatic rings. The Balaban J connectivity index is 1.99. The van der Waals surface area contributed by atoms with Gasteiger partial charge in [0.1, 0.15) is 5.82 Å². The van der Waals surface area contributed by atoms with Crippen LogP contribution < -0.4 is 16.0 Å². The molecule has 1 fully saturated rings. The van der Waals surface area contributed by atoms with E-state index in [1.54, 1.807) is 18.0 Å². The molecule has 2 atom stereocenters. The van der Waals surface area contributed by atoms with Gasteiger partial charge in [0.05, 0.1) is 10.7 Å². The number of rotatable bonds is 15. The summed E-state index contributed by atoms with van der Waals surface area (Å²) in [5.41, 5.74) is 8.99. The van der Waals surface area contributed by atoms with E-state index in [1.165, 1.54) is 0 Å². The summed E-state index contributed by atoms with van der Waals surface area (Å²) in [4.78, 5) is 44.1. The van der Waals surface area contributed by atoms with E-state index in [2.05, 4.69) is 30.2 Å². The number of nitrogens with zero attached hydrogens (tertiary/aromatic N) is 2. The number of benzene rings is 1. The highest BCUT2D eigenvalue weighted by Gasteiger charge is 2.28. The summed E-state index contributed by atoms with van der Waals surface area (Å²) in [6.07, 6.45) is 11.5. The number of ketones is 1. The van der Waals surface area contributed by atoms with Crippen molar-refractivity contribution in [3.8, 4) is 0 Å². The molecule has 3 rings (SSSR count). The monoisotopic (exact) mass is 580 g/mol. The van der Waals surface area contributed by atoms with Gasteiger partial charge in [-0.15, -0.1) is 0 Å². The number of carbonyl (C=O) groups is 3. The molecule has 0 spiro atoms. The van der Waals surface area contributed by atoms with Gasteiger partial charge in [0.25, 0.3) is 0 Å². The van der Waals surface area contributed by atoms with Crippen LogP contribution in [0.4, 0.5) is 11.5 Å². The number of hydrogen-bond donors (Lipinski definition) is 2. The van der Waals surface area contributed by atoms with Crippen LogP contribution in [0, 0.1) is 11.8 Å². The predicted molar refractivity (Wildman–Crippen MR) is 168 cm³/mol. The van der Waals surface area contributed by atoms with Crippen LogP contribution in [0.15, 0.2) is 36.5 Å². The van der Waals surface area contributed by atoms with Gasteiger partial charge in [-0.25, -0.2) is 4.98 Å². The molecule has 1 heterocycles. The average molecular weight is 581 g/mol. The molecule has 0 aliphatic heterocycles. The maximum atomic E-state index is 13.2. The Morgan fingerprint density at radius 1 is 1.12 bits per heavy atom. The van der Waals surface area contributed by atoms with Crippen LogP contribution in [-0.2, 0) is 9.59 Å². The van der Waals surface area contributed by atoms with E-state index < -0.39 is 0 Å². The maximum absolute atomic E-state index is 13.2. The topological polar surface area (TPSA) is 105 Å². The molecule has 41 heavy (non-hydrogen) atoms. The Morgan fingerprint density at radius 3 is 2.49 bits per heavy atom. The van der Waals surface area contributed by atoms with Crippen molar-refractivity contribution in [3.05, 3.63) is 58.3 Å². The summed E-state index contributed by atoms with van der Waals surface area (Å²) in [6, 6.07) is 7.53. The predicted octanol–water partition coefficient (Wildman–Crippen LogP) is 7.42. The van der Waals surface area contributed by atoms with Crippen molar-refractivity contribution in [3.63, 3.8) is 0 Å². The molecule has 7 nitrogen and oxygen atoms in total. The molecule has 1 saturated carbocycles. The highest BCUT2D eigenvalue weighted by molar-refractivity contribution is 6.33. The lowest BCUT2D eigenvalue weighted by Crippen LogP contribution is -2.32. The van der Waals surface area contributed by atoms with E-state index in [9.17, 15) is 14.4 Å². The van der Waals surface area contributed by atoms with E-state index in [0.29, 0.717) is 47.5 Å². The Kier molecular flexibility index (Phi) is 12.4. The van der Waals surface area contributed by atoms with Crippen LogP contribution in [0.2, 0.25) is 5.02 Å². The second kappa shape index (κ2) is 15.7. The molecule has 0 saturated heterocycles. The van der Waals surface area contributed by atoms with Gasteiger partial charge in [0, 0.05) is 42.8 Å². The number of pyridine rings is 1. The summed E-state index contributed by atoms with van der Waals surface area (Å²) < 4.78 is 0. The normalized spacial score (nSPS) is 17.0. The van der Waals surface area contributed by atoms with Crippen LogP contribution in [-0.4, -0.2) is 35.7 Å². The number of aromatic nitrogens is 1. The highest BCUT2D eigenvalue weighted by atomic mass is 35.5. The molecule has 2 amide bonds. The van der Waals surface area contributed by atoms with Crippen molar-refractivity contribution in [1.82, 2.24) is 4.98 Å². The zero-order valence-electron chi connectivity index (χ0n) is 25.0. The summed E-state index contributed by atoms with van der Waals surface area (Å²) in [5.74, 6) is 0.647. The molecule has 1 aliphatic carbocycles. The molecule has 8 heteroatoms. The lowest BCUT2D eigenvalue weighted by molar-refractivity contribution is -0.121. The number of nitrogens with two attached hydrogens (primary N) is 1. The summed E-state index contributed by atoms with van der Waals surface area (Å²) in [6.45, 7) is 8.89. The van der Waals surface area contributed by atoms with Crippen molar-refractivity contribution in [2.75, 3.05) is 23.3 Å². The molecule has 2 unspecified atom stereocenters. The fraction of sp³-hybridized carbons (Fsp3) is 0.515. The largest absolute Gasteiger partial charge is 0.370 e. The minimum absolute atomic E-state index is 0.00542. The van der Waals surface area contributed by atoms with E-state index in [-0.39, 0.29) is 23.5 Å². The molecule has 0 bridgehead atoms. The van der Waals surface area contributed by atoms with Gasteiger partial charge < -0.3 is 16.0 Å². The molecule has 1 aromatic heterocycles. The molecule has 3 N–H and O–H groups in total. The number of unbranched alkanes of at least 4 members (excludes halogenated alkanes) is 3. The van der Waals surface area contributed by atoms with Crippen molar-refractivity contribution in [2.24, 2.45) is 17.6 Å². The van der Waals surface area contributed by atoms with E-state index in [1.807, 2.05) is 31.2 Å². The third kappa shape index (κ3) is 8.41. The second-order valence-electron chi connectivity index (χ2n) is 11.0. The summed E-state index contributed by atoms with van der Waals surface area (Å²) in [5, 5.41) is 3.90. The number of hydrogen-bond acceptors (Lipinski definition) is 5. The summed E-state index contributed by atoms with van der Waals surface area (Å²) >= 11 is 6.89. The highest BCUT2D eigenvalue weighted by Crippen LogP contribution is 2.37. The smallest absolute Gasteiger partial charge is 0.226 e. The van der Waals surface area contributed by atoms with Crippen LogP contribution in [0.1, 0.15) is 107 Å². The number of carbonyl (C=O) groups excluding carboxylic acids is 3. The Hall–Kier alpha value is -3.19. The van der Waals surface area contributed by atoms with Crippen molar-refractivity contribution in [1.29, 1.82) is 0 Å². The maximum Gasteiger partial charge on any atom is 0.226 e. The molecule has 0 radical (unpaired) electrons. The first-order valence-corrected chi connectivity index (χ1v) is 15.4. The third-order valence-corrected chi connectivity index (χ3v) is 8.19. The number of allylic oxidation sites excluding steroid dienone is 1. The first kappa shape index (κ1) is 32.3. The van der Waals surface area contributed by atoms with Crippen LogP contribution >= 0.6 is 11.6 Å². The zero-order valence-corrected chi connectivity index (χ0v) is 25.7. The second-order valence-corrected chi connectivity index (χ2v) is 11.4. The van der Waals surface area contributed by atoms with Gasteiger partial charge in [0.2, 0.25) is 11.8 Å². The number of Topliss-reactive ketones (excluding diaryl/α,β-unsaturated/α-hetero) is 1. The lowest BCUT2D eigenvalue weighted by Gasteiger charge is -2.26. The third-order valence-electron chi connectivity index (χ3n) is 7.88. The lowest BCUT2D eigenvalue weighted by atomic mass is 9.90. The standard InChI is InChI=1S/C33H45ClN4O3/c1-5-8-10-12-25(26-13-11-14-29(32(26)22(4)39)38(17-9-6-2)31(40)7-3)27-21-37-30(19-28(27)34)36-20-23-15-16-24(18-23)33(35)41/h11-14,19,21,23-24H,5-10,15-18,20H2,1-4H3,(H2,35,41)(H,36,37)/b25-12+. The number of halogens is 1. The van der Waals surface area contributed by atoms with Gasteiger partial charge in [-0.2, -0.15) is 0 Å². The minimum Gasteiger partial charge on any atom is -0.370 e. The van der Waals surface area contributed by atoms with Crippen molar-refractivity contribution in [2.45, 2.75) is 85.5 Å². The SMILES string of the molecule is CCCC/C=C(/c1cnc(NCC2CCC(C(N)=O)C2)cc1Cl)c1cccc(N(CCCC)C(=O)CC)c1C(C)=O. The van der Waals surface area contributed by atoms with E-state index >= 15 is 0 Å². The summed E-state index contributed by atoms with van der Waals surface area (Å²) in [7, 11) is 0. The van der Waals surface area contributed by atoms with Crippen molar-refractivity contribution < 1.29 is 14.4 Å². The van der Waals surface area contributed by atoms with E-state index in [4.69, 9.17) is 17.3 Å². The minimum atomic E-state index is -0.220. The average Bonchev–Trinajstić information content (AvgIpc) is 3.44. The molecular weight excluding hydrogens is 536 g/mol. The molecule has 2 aromatic rings. The number of primary amides is 1. The first-order chi connectivity index (χ1) is 19.7. The van der Waals surface area contributed by atoms with Crippen LogP contribution in [0.25, 0.3) is 5.57 Å². The fourth-order valence-electron chi connectivity index (χ4n) is 5.55. The van der Waals surface area contributed by atoms with Gasteiger partial charge in [0.15, 0.2) is 5.78 Å². The molecular formula is C33H45ClN4O3. The Labute approximate surface area is 249 Å². The zero-order chi connectivity index (χ0) is 29.9.